The summed E-state index contributed by atoms with van der Waals surface area (Å²) in [5.74, 6) is 0. The quantitative estimate of drug-likeness (QED) is 0.263. The normalized spacial score (nSPS) is 11.8. The average Bonchev–Trinajstić information content (AvgIpc) is 2.87. The van der Waals surface area contributed by atoms with E-state index in [1.165, 1.54) is 54.2 Å². The zero-order valence-corrected chi connectivity index (χ0v) is 17.4. The minimum Gasteiger partial charge on any atom is -0.256 e. The number of hydrogen-bond acceptors (Lipinski definition) is 1. The number of rotatable bonds is 2. The number of nitrogens with zero attached hydrogens (tertiary/aromatic N) is 1. The van der Waals surface area contributed by atoms with Gasteiger partial charge in [0.2, 0.25) is 0 Å². The van der Waals surface area contributed by atoms with E-state index in [1.807, 2.05) is 18.3 Å². The summed E-state index contributed by atoms with van der Waals surface area (Å²) in [6.07, 6.45) is 1.84. The zero-order valence-electron chi connectivity index (χ0n) is 17.4. The first kappa shape index (κ1) is 17.5. The van der Waals surface area contributed by atoms with Crippen LogP contribution in [-0.2, 0) is 0 Å². The van der Waals surface area contributed by atoms with Crippen molar-refractivity contribution in [3.63, 3.8) is 0 Å². The number of benzene rings is 6. The van der Waals surface area contributed by atoms with Crippen molar-refractivity contribution in [1.82, 2.24) is 4.98 Å². The Balaban J connectivity index is 1.44. The van der Waals surface area contributed by atoms with Crippen molar-refractivity contribution in [2.24, 2.45) is 0 Å². The van der Waals surface area contributed by atoms with Crippen LogP contribution in [0.3, 0.4) is 0 Å². The van der Waals surface area contributed by atoms with Crippen molar-refractivity contribution in [3.05, 3.63) is 115 Å². The van der Waals surface area contributed by atoms with Crippen molar-refractivity contribution < 1.29 is 0 Å². The highest BCUT2D eigenvalue weighted by Crippen LogP contribution is 2.39. The van der Waals surface area contributed by atoms with Gasteiger partial charge in [0.25, 0.3) is 0 Å². The van der Waals surface area contributed by atoms with Crippen LogP contribution >= 0.6 is 0 Å². The minimum atomic E-state index is 1.00. The van der Waals surface area contributed by atoms with Crippen LogP contribution < -0.4 is 0 Å². The topological polar surface area (TPSA) is 12.9 Å². The zero-order chi connectivity index (χ0) is 21.1. The molecular formula is C31H19N. The maximum absolute atomic E-state index is 4.50. The molecule has 0 aliphatic heterocycles. The van der Waals surface area contributed by atoms with Crippen LogP contribution in [-0.4, -0.2) is 4.98 Å². The molecule has 0 saturated carbocycles. The summed E-state index contributed by atoms with van der Waals surface area (Å²) >= 11 is 0. The molecule has 6 aromatic carbocycles. The molecule has 0 unspecified atom stereocenters. The van der Waals surface area contributed by atoms with Crippen molar-refractivity contribution in [1.29, 1.82) is 0 Å². The largest absolute Gasteiger partial charge is 0.256 e. The predicted molar refractivity (Wildman–Crippen MR) is 136 cm³/mol. The maximum atomic E-state index is 4.50. The Bertz CT molecular complexity index is 1750. The second-order valence-electron chi connectivity index (χ2n) is 8.46. The van der Waals surface area contributed by atoms with Crippen LogP contribution in [0.2, 0.25) is 0 Å². The lowest BCUT2D eigenvalue weighted by molar-refractivity contribution is 1.33. The van der Waals surface area contributed by atoms with Gasteiger partial charge in [0, 0.05) is 11.8 Å². The van der Waals surface area contributed by atoms with Gasteiger partial charge in [-0.25, -0.2) is 0 Å². The molecule has 148 valence electrons. The molecule has 0 radical (unpaired) electrons. The van der Waals surface area contributed by atoms with Crippen LogP contribution in [0.15, 0.2) is 115 Å². The van der Waals surface area contributed by atoms with E-state index < -0.39 is 0 Å². The molecule has 1 heteroatoms. The number of aromatic nitrogens is 1. The van der Waals surface area contributed by atoms with Crippen LogP contribution in [0.5, 0.6) is 0 Å². The third kappa shape index (κ3) is 2.55. The molecule has 1 heterocycles. The van der Waals surface area contributed by atoms with Gasteiger partial charge in [-0.1, -0.05) is 84.9 Å². The number of fused-ring (bicyclic) bond motifs is 1. The minimum absolute atomic E-state index is 1.00. The first-order chi connectivity index (χ1) is 15.8. The molecule has 0 aliphatic carbocycles. The second-order valence-corrected chi connectivity index (χ2v) is 8.46. The molecule has 7 rings (SSSR count). The molecule has 7 aromatic rings. The molecular weight excluding hydrogens is 386 g/mol. The molecule has 32 heavy (non-hydrogen) atoms. The van der Waals surface area contributed by atoms with Crippen molar-refractivity contribution >= 4 is 43.1 Å². The van der Waals surface area contributed by atoms with Crippen LogP contribution in [0.25, 0.3) is 65.5 Å². The van der Waals surface area contributed by atoms with E-state index in [4.69, 9.17) is 0 Å². The smallest absolute Gasteiger partial charge is 0.0702 e. The Hall–Kier alpha value is -4.23. The molecule has 0 N–H and O–H groups in total. The highest BCUT2D eigenvalue weighted by molar-refractivity contribution is 6.25. The molecule has 0 atom stereocenters. The molecule has 0 aliphatic rings. The van der Waals surface area contributed by atoms with Gasteiger partial charge in [0.05, 0.1) is 5.69 Å². The predicted octanol–water partition coefficient (Wildman–Crippen LogP) is 8.47. The van der Waals surface area contributed by atoms with E-state index in [9.17, 15) is 0 Å². The lowest BCUT2D eigenvalue weighted by Crippen LogP contribution is -1.87. The molecule has 1 nitrogen and oxygen atoms in total. The molecule has 0 spiro atoms. The fourth-order valence-corrected chi connectivity index (χ4v) is 5.09. The lowest BCUT2D eigenvalue weighted by Gasteiger charge is -2.14. The van der Waals surface area contributed by atoms with E-state index >= 15 is 0 Å². The molecule has 1 aromatic heterocycles. The Morgan fingerprint density at radius 2 is 1.09 bits per heavy atom. The highest BCUT2D eigenvalue weighted by Gasteiger charge is 2.12. The van der Waals surface area contributed by atoms with Gasteiger partial charge in [-0.15, -0.1) is 0 Å². The van der Waals surface area contributed by atoms with Crippen molar-refractivity contribution in [2.45, 2.75) is 0 Å². The summed E-state index contributed by atoms with van der Waals surface area (Å²) in [5, 5.41) is 10.4. The van der Waals surface area contributed by atoms with Gasteiger partial charge in [-0.2, -0.15) is 0 Å². The van der Waals surface area contributed by atoms with E-state index in [0.29, 0.717) is 0 Å². The van der Waals surface area contributed by atoms with E-state index in [-0.39, 0.29) is 0 Å². The summed E-state index contributed by atoms with van der Waals surface area (Å²) in [7, 11) is 0. The molecule has 0 fully saturated rings. The number of hydrogen-bond donors (Lipinski definition) is 0. The van der Waals surface area contributed by atoms with Crippen molar-refractivity contribution in [3.8, 4) is 22.4 Å². The van der Waals surface area contributed by atoms with E-state index in [2.05, 4.69) is 102 Å². The fraction of sp³-hybridized carbons (Fsp3) is 0. The Labute approximate surface area is 185 Å². The van der Waals surface area contributed by atoms with Gasteiger partial charge in [-0.05, 0) is 78.5 Å². The van der Waals surface area contributed by atoms with E-state index in [1.54, 1.807) is 0 Å². The van der Waals surface area contributed by atoms with Crippen LogP contribution in [0.1, 0.15) is 0 Å². The summed E-state index contributed by atoms with van der Waals surface area (Å²) in [6, 6.07) is 39.5. The second kappa shape index (κ2) is 6.63. The van der Waals surface area contributed by atoms with Gasteiger partial charge in [-0.3, -0.25) is 4.98 Å². The highest BCUT2D eigenvalue weighted by atomic mass is 14.7. The Kier molecular flexibility index (Phi) is 3.62. The first-order valence-electron chi connectivity index (χ1n) is 11.0. The van der Waals surface area contributed by atoms with Crippen LogP contribution in [0.4, 0.5) is 0 Å². The van der Waals surface area contributed by atoms with Gasteiger partial charge < -0.3 is 0 Å². The Morgan fingerprint density at radius 3 is 1.88 bits per heavy atom. The van der Waals surface area contributed by atoms with Crippen LogP contribution in [0, 0.1) is 0 Å². The average molecular weight is 406 g/mol. The summed E-state index contributed by atoms with van der Waals surface area (Å²) < 4.78 is 0. The first-order valence-corrected chi connectivity index (χ1v) is 11.0. The van der Waals surface area contributed by atoms with Gasteiger partial charge in [0.1, 0.15) is 0 Å². The number of pyridine rings is 1. The van der Waals surface area contributed by atoms with E-state index in [0.717, 1.165) is 11.3 Å². The summed E-state index contributed by atoms with van der Waals surface area (Å²) in [4.78, 5) is 4.50. The molecule has 0 bridgehead atoms. The monoisotopic (exact) mass is 405 g/mol. The van der Waals surface area contributed by atoms with Gasteiger partial charge >= 0.3 is 0 Å². The third-order valence-corrected chi connectivity index (χ3v) is 6.64. The lowest BCUT2D eigenvalue weighted by atomic mass is 9.89. The maximum Gasteiger partial charge on any atom is 0.0702 e. The molecule has 0 amide bonds. The fourth-order valence-electron chi connectivity index (χ4n) is 5.09. The Morgan fingerprint density at radius 1 is 0.438 bits per heavy atom. The standard InChI is InChI=1S/C31H19N/c1-2-17-32-29(6-1)26-12-10-23-18-25(11-9-24(23)19-26)27-15-13-22-8-7-20-4-3-5-21-14-16-28(27)31(22)30(20)21/h1-19H. The third-order valence-electron chi connectivity index (χ3n) is 6.64. The SMILES string of the molecule is c1ccc(-c2ccc3cc(-c4ccc5ccc6cccc7ccc4c5c67)ccc3c2)nc1. The summed E-state index contributed by atoms with van der Waals surface area (Å²) in [6.45, 7) is 0. The molecule has 0 saturated heterocycles. The summed E-state index contributed by atoms with van der Waals surface area (Å²) in [5.41, 5.74) is 4.69. The van der Waals surface area contributed by atoms with Crippen molar-refractivity contribution in [2.75, 3.05) is 0 Å². The van der Waals surface area contributed by atoms with Gasteiger partial charge in [0.15, 0.2) is 0 Å².